The van der Waals surface area contributed by atoms with Gasteiger partial charge in [-0.2, -0.15) is 0 Å². The Morgan fingerprint density at radius 3 is 2.05 bits per heavy atom. The predicted octanol–water partition coefficient (Wildman–Crippen LogP) is 2.21. The second-order valence-corrected chi connectivity index (χ2v) is 6.17. The number of carboxylic acids is 1. The van der Waals surface area contributed by atoms with Crippen LogP contribution in [0.3, 0.4) is 0 Å². The maximum absolute atomic E-state index is 11.6. The van der Waals surface area contributed by atoms with Crippen molar-refractivity contribution in [2.75, 3.05) is 0 Å². The topological polar surface area (TPSA) is 109 Å². The number of amides is 2. The van der Waals surface area contributed by atoms with Gasteiger partial charge in [-0.1, -0.05) is 52.4 Å². The maximum Gasteiger partial charge on any atom is 0.305 e. The summed E-state index contributed by atoms with van der Waals surface area (Å²) >= 11 is 0. The van der Waals surface area contributed by atoms with Crippen LogP contribution in [-0.4, -0.2) is 28.9 Å². The number of primary amides is 1. The molecule has 1 unspecified atom stereocenters. The van der Waals surface area contributed by atoms with Crippen molar-refractivity contribution >= 4 is 17.8 Å². The van der Waals surface area contributed by atoms with Crippen molar-refractivity contribution in [1.82, 2.24) is 5.32 Å². The van der Waals surface area contributed by atoms with Crippen molar-refractivity contribution in [2.24, 2.45) is 11.7 Å². The molecule has 0 aromatic rings. The first-order valence-electron chi connectivity index (χ1n) is 8.13. The zero-order chi connectivity index (χ0) is 17.0. The number of carbonyl (C=O) groups excluding carboxylic acids is 2. The number of hydrogen-bond acceptors (Lipinski definition) is 3. The Hall–Kier alpha value is -1.59. The summed E-state index contributed by atoms with van der Waals surface area (Å²) < 4.78 is 0. The highest BCUT2D eigenvalue weighted by molar-refractivity contribution is 5.89. The van der Waals surface area contributed by atoms with Crippen LogP contribution >= 0.6 is 0 Å². The normalized spacial score (nSPS) is 12.1. The highest BCUT2D eigenvalue weighted by atomic mass is 16.4. The second kappa shape index (κ2) is 12.0. The molecule has 0 radical (unpaired) electrons. The molecule has 0 saturated carbocycles. The van der Waals surface area contributed by atoms with Crippen molar-refractivity contribution in [3.8, 4) is 0 Å². The number of carboxylic acid groups (broad SMARTS) is 1. The molecule has 0 aromatic heterocycles. The first-order valence-corrected chi connectivity index (χ1v) is 8.13. The average molecular weight is 314 g/mol. The third-order valence-electron chi connectivity index (χ3n) is 3.49. The summed E-state index contributed by atoms with van der Waals surface area (Å²) in [5.41, 5.74) is 5.06. The largest absolute Gasteiger partial charge is 0.481 e. The van der Waals surface area contributed by atoms with Crippen LogP contribution in [0, 0.1) is 5.92 Å². The molecule has 0 heterocycles. The Kier molecular flexibility index (Phi) is 11.1. The monoisotopic (exact) mass is 314 g/mol. The zero-order valence-electron chi connectivity index (χ0n) is 13.8. The molecule has 128 valence electrons. The van der Waals surface area contributed by atoms with Crippen molar-refractivity contribution in [1.29, 1.82) is 0 Å². The van der Waals surface area contributed by atoms with Crippen LogP contribution in [0.2, 0.25) is 0 Å². The van der Waals surface area contributed by atoms with E-state index in [0.29, 0.717) is 6.42 Å². The Bertz CT molecular complexity index is 356. The molecule has 0 aliphatic carbocycles. The summed E-state index contributed by atoms with van der Waals surface area (Å²) in [6.45, 7) is 4.45. The first kappa shape index (κ1) is 20.4. The summed E-state index contributed by atoms with van der Waals surface area (Å²) in [7, 11) is 0. The van der Waals surface area contributed by atoms with Gasteiger partial charge in [0, 0.05) is 6.42 Å². The van der Waals surface area contributed by atoms with Gasteiger partial charge < -0.3 is 16.2 Å². The zero-order valence-corrected chi connectivity index (χ0v) is 13.8. The molecule has 1 atom stereocenters. The van der Waals surface area contributed by atoms with Crippen LogP contribution in [0.1, 0.15) is 71.6 Å². The van der Waals surface area contributed by atoms with E-state index in [9.17, 15) is 14.4 Å². The molecule has 6 nitrogen and oxygen atoms in total. The van der Waals surface area contributed by atoms with E-state index in [-0.39, 0.29) is 5.91 Å². The highest BCUT2D eigenvalue weighted by Crippen LogP contribution is 2.12. The van der Waals surface area contributed by atoms with Crippen molar-refractivity contribution in [3.63, 3.8) is 0 Å². The van der Waals surface area contributed by atoms with Gasteiger partial charge in [-0.3, -0.25) is 14.4 Å². The van der Waals surface area contributed by atoms with Crippen LogP contribution in [0.25, 0.3) is 0 Å². The van der Waals surface area contributed by atoms with Crippen LogP contribution in [-0.2, 0) is 14.4 Å². The molecule has 0 spiro atoms. The number of carbonyl (C=O) groups is 3. The van der Waals surface area contributed by atoms with Crippen LogP contribution in [0.15, 0.2) is 0 Å². The molecular formula is C16H30N2O4. The van der Waals surface area contributed by atoms with Gasteiger partial charge in [-0.25, -0.2) is 0 Å². The number of hydrogen-bond donors (Lipinski definition) is 3. The van der Waals surface area contributed by atoms with E-state index in [2.05, 4.69) is 19.2 Å². The van der Waals surface area contributed by atoms with Gasteiger partial charge in [0.1, 0.15) is 6.04 Å². The summed E-state index contributed by atoms with van der Waals surface area (Å²) in [6.07, 6.45) is 7.56. The Balaban J connectivity index is 3.67. The number of aliphatic carboxylic acids is 1. The minimum Gasteiger partial charge on any atom is -0.481 e. The van der Waals surface area contributed by atoms with E-state index >= 15 is 0 Å². The number of nitrogens with two attached hydrogens (primary N) is 1. The van der Waals surface area contributed by atoms with E-state index in [1.54, 1.807) is 0 Å². The fourth-order valence-electron chi connectivity index (χ4n) is 2.21. The first-order chi connectivity index (χ1) is 10.3. The van der Waals surface area contributed by atoms with E-state index in [1.807, 2.05) is 0 Å². The average Bonchev–Trinajstić information content (AvgIpc) is 2.40. The SMILES string of the molecule is CC(C)CCCCCCCCC(=O)NC(CC(=O)O)C(N)=O. The maximum atomic E-state index is 11.6. The van der Waals surface area contributed by atoms with Gasteiger partial charge in [0.25, 0.3) is 0 Å². The third kappa shape index (κ3) is 12.2. The molecule has 4 N–H and O–H groups in total. The van der Waals surface area contributed by atoms with Gasteiger partial charge in [0.05, 0.1) is 6.42 Å². The lowest BCUT2D eigenvalue weighted by Crippen LogP contribution is -2.45. The highest BCUT2D eigenvalue weighted by Gasteiger charge is 2.20. The fraction of sp³-hybridized carbons (Fsp3) is 0.812. The summed E-state index contributed by atoms with van der Waals surface area (Å²) in [5, 5.41) is 11.0. The molecule has 6 heteroatoms. The van der Waals surface area contributed by atoms with Crippen LogP contribution in [0.5, 0.6) is 0 Å². The molecule has 0 rings (SSSR count). The van der Waals surface area contributed by atoms with Crippen LogP contribution < -0.4 is 11.1 Å². The fourth-order valence-corrected chi connectivity index (χ4v) is 2.21. The Morgan fingerprint density at radius 2 is 1.55 bits per heavy atom. The minimum atomic E-state index is -1.16. The summed E-state index contributed by atoms with van der Waals surface area (Å²) in [5.74, 6) is -1.54. The van der Waals surface area contributed by atoms with E-state index < -0.39 is 24.3 Å². The van der Waals surface area contributed by atoms with Gasteiger partial charge >= 0.3 is 5.97 Å². The lowest BCUT2D eigenvalue weighted by molar-refractivity contribution is -0.140. The van der Waals surface area contributed by atoms with E-state index in [1.165, 1.54) is 25.7 Å². The second-order valence-electron chi connectivity index (χ2n) is 6.17. The van der Waals surface area contributed by atoms with Crippen molar-refractivity contribution in [3.05, 3.63) is 0 Å². The predicted molar refractivity (Wildman–Crippen MR) is 85.2 cm³/mol. The van der Waals surface area contributed by atoms with Gasteiger partial charge in [0.2, 0.25) is 11.8 Å². The van der Waals surface area contributed by atoms with E-state index in [4.69, 9.17) is 10.8 Å². The molecule has 0 saturated heterocycles. The number of unbranched alkanes of at least 4 members (excludes halogenated alkanes) is 5. The molecule has 0 aliphatic heterocycles. The third-order valence-corrected chi connectivity index (χ3v) is 3.49. The van der Waals surface area contributed by atoms with Gasteiger partial charge in [-0.05, 0) is 12.3 Å². The minimum absolute atomic E-state index is 0.301. The number of nitrogens with one attached hydrogen (secondary N) is 1. The van der Waals surface area contributed by atoms with Crippen molar-refractivity contribution in [2.45, 2.75) is 77.7 Å². The van der Waals surface area contributed by atoms with Crippen LogP contribution in [0.4, 0.5) is 0 Å². The smallest absolute Gasteiger partial charge is 0.305 e. The van der Waals surface area contributed by atoms with Gasteiger partial charge in [-0.15, -0.1) is 0 Å². The van der Waals surface area contributed by atoms with E-state index in [0.717, 1.165) is 25.2 Å². The molecular weight excluding hydrogens is 284 g/mol. The molecule has 0 aromatic carbocycles. The lowest BCUT2D eigenvalue weighted by Gasteiger charge is -2.13. The van der Waals surface area contributed by atoms with Crippen molar-refractivity contribution < 1.29 is 19.5 Å². The molecule has 22 heavy (non-hydrogen) atoms. The lowest BCUT2D eigenvalue weighted by atomic mass is 10.0. The molecule has 2 amide bonds. The Morgan fingerprint density at radius 1 is 1.00 bits per heavy atom. The standard InChI is InChI=1S/C16H30N2O4/c1-12(2)9-7-5-3-4-6-8-10-14(19)18-13(16(17)22)11-15(20)21/h12-13H,3-11H2,1-2H3,(H2,17,22)(H,18,19)(H,20,21). The summed E-state index contributed by atoms with van der Waals surface area (Å²) in [4.78, 5) is 33.2. The molecule has 0 fully saturated rings. The number of rotatable bonds is 13. The molecule has 0 bridgehead atoms. The molecule has 0 aliphatic rings. The quantitative estimate of drug-likeness (QED) is 0.453. The Labute approximate surface area is 132 Å². The summed E-state index contributed by atoms with van der Waals surface area (Å²) in [6, 6.07) is -1.12. The van der Waals surface area contributed by atoms with Gasteiger partial charge in [0.15, 0.2) is 0 Å².